The Morgan fingerprint density at radius 1 is 1.07 bits per heavy atom. The van der Waals surface area contributed by atoms with Gasteiger partial charge in [-0.2, -0.15) is 5.26 Å². The van der Waals surface area contributed by atoms with E-state index in [1.165, 1.54) is 0 Å². The van der Waals surface area contributed by atoms with Crippen LogP contribution in [0.5, 0.6) is 0 Å². The smallest absolute Gasteiger partial charge is 0.348 e. The Labute approximate surface area is 176 Å². The number of nitrogens with one attached hydrogen (secondary N) is 1. The summed E-state index contributed by atoms with van der Waals surface area (Å²) >= 11 is 0. The Morgan fingerprint density at radius 2 is 1.60 bits per heavy atom. The van der Waals surface area contributed by atoms with E-state index in [9.17, 15) is 14.9 Å². The molecule has 3 rings (SSSR count). The predicted octanol–water partition coefficient (Wildman–Crippen LogP) is 3.32. The van der Waals surface area contributed by atoms with E-state index in [1.807, 2.05) is 36.4 Å². The molecule has 1 N–H and O–H groups in total. The van der Waals surface area contributed by atoms with E-state index < -0.39 is 29.6 Å². The van der Waals surface area contributed by atoms with Gasteiger partial charge in [0.2, 0.25) is 5.60 Å². The van der Waals surface area contributed by atoms with E-state index in [4.69, 9.17) is 9.47 Å². The Balaban J connectivity index is 1.84. The van der Waals surface area contributed by atoms with Crippen molar-refractivity contribution >= 4 is 11.9 Å². The molecule has 0 unspecified atom stereocenters. The average molecular weight is 406 g/mol. The van der Waals surface area contributed by atoms with Gasteiger partial charge < -0.3 is 14.8 Å². The third kappa shape index (κ3) is 4.37. The maximum atomic E-state index is 13.3. The molecule has 6 nitrogen and oxygen atoms in total. The molecule has 1 atom stereocenters. The quantitative estimate of drug-likeness (QED) is 0.646. The summed E-state index contributed by atoms with van der Waals surface area (Å²) in [5.74, 6) is -1.05. The van der Waals surface area contributed by atoms with E-state index in [0.29, 0.717) is 11.1 Å². The molecule has 0 aromatic heterocycles. The molecule has 156 valence electrons. The first-order valence-electron chi connectivity index (χ1n) is 10.1. The molecule has 1 aliphatic rings. The molecule has 1 fully saturated rings. The zero-order valence-electron chi connectivity index (χ0n) is 17.3. The predicted molar refractivity (Wildman–Crippen MR) is 111 cm³/mol. The van der Waals surface area contributed by atoms with Crippen molar-refractivity contribution < 1.29 is 19.1 Å². The summed E-state index contributed by atoms with van der Waals surface area (Å²) in [7, 11) is 0. The second-order valence-corrected chi connectivity index (χ2v) is 7.56. The fourth-order valence-corrected chi connectivity index (χ4v) is 3.63. The average Bonchev–Trinajstić information content (AvgIpc) is 3.63. The molecule has 0 spiro atoms. The highest BCUT2D eigenvalue weighted by Gasteiger charge is 2.46. The molecule has 0 heterocycles. The lowest BCUT2D eigenvalue weighted by atomic mass is 9.86. The van der Waals surface area contributed by atoms with Gasteiger partial charge in [-0.25, -0.2) is 4.79 Å². The minimum Gasteiger partial charge on any atom is -0.453 e. The molecule has 0 aliphatic heterocycles. The van der Waals surface area contributed by atoms with Gasteiger partial charge in [0, 0.05) is 6.61 Å². The Kier molecular flexibility index (Phi) is 6.53. The van der Waals surface area contributed by atoms with Gasteiger partial charge in [-0.3, -0.25) is 4.79 Å². The molecular weight excluding hydrogens is 380 g/mol. The molecular formula is C24H26N2O4. The largest absolute Gasteiger partial charge is 0.453 e. The molecule has 1 amide bonds. The minimum atomic E-state index is -1.49. The van der Waals surface area contributed by atoms with Crippen LogP contribution in [0.4, 0.5) is 0 Å². The number of ether oxygens (including phenoxy) is 2. The second kappa shape index (κ2) is 9.10. The number of hydrogen-bond acceptors (Lipinski definition) is 5. The number of nitriles is 1. The normalized spacial score (nSPS) is 15.5. The van der Waals surface area contributed by atoms with Crippen LogP contribution in [-0.2, 0) is 24.7 Å². The highest BCUT2D eigenvalue weighted by Crippen LogP contribution is 2.39. The van der Waals surface area contributed by atoms with Crippen LogP contribution >= 0.6 is 0 Å². The summed E-state index contributed by atoms with van der Waals surface area (Å²) in [6, 6.07) is 20.3. The van der Waals surface area contributed by atoms with Crippen LogP contribution in [0, 0.1) is 17.2 Å². The van der Waals surface area contributed by atoms with Crippen LogP contribution in [0.1, 0.15) is 37.8 Å². The van der Waals surface area contributed by atoms with E-state index in [0.717, 1.165) is 12.8 Å². The molecule has 6 heteroatoms. The van der Waals surface area contributed by atoms with Crippen LogP contribution in [-0.4, -0.2) is 30.6 Å². The Hall–Kier alpha value is -3.17. The zero-order valence-corrected chi connectivity index (χ0v) is 17.3. The molecule has 1 saturated carbocycles. The summed E-state index contributed by atoms with van der Waals surface area (Å²) in [5, 5.41) is 12.1. The van der Waals surface area contributed by atoms with E-state index in [2.05, 4.69) is 11.4 Å². The summed E-state index contributed by atoms with van der Waals surface area (Å²) in [5.41, 5.74) is -1.21. The van der Waals surface area contributed by atoms with Gasteiger partial charge in [0.25, 0.3) is 5.91 Å². The number of amides is 1. The third-order valence-electron chi connectivity index (χ3n) is 5.37. The maximum Gasteiger partial charge on any atom is 0.348 e. The van der Waals surface area contributed by atoms with Gasteiger partial charge in [-0.15, -0.1) is 0 Å². The van der Waals surface area contributed by atoms with Crippen molar-refractivity contribution in [3.63, 3.8) is 0 Å². The molecule has 1 aliphatic carbocycles. The molecule has 2 aromatic carbocycles. The fraction of sp³-hybridized carbons (Fsp3) is 0.375. The highest BCUT2D eigenvalue weighted by atomic mass is 16.6. The number of rotatable bonds is 9. The van der Waals surface area contributed by atoms with Crippen molar-refractivity contribution in [2.24, 2.45) is 5.92 Å². The van der Waals surface area contributed by atoms with Crippen LogP contribution < -0.4 is 5.32 Å². The number of carbonyl (C=O) groups is 2. The number of nitrogens with zero attached hydrogens (tertiary/aromatic N) is 1. The fourth-order valence-electron chi connectivity index (χ4n) is 3.63. The van der Waals surface area contributed by atoms with Crippen molar-refractivity contribution in [1.82, 2.24) is 5.32 Å². The van der Waals surface area contributed by atoms with Crippen molar-refractivity contribution in [2.75, 3.05) is 13.2 Å². The van der Waals surface area contributed by atoms with Gasteiger partial charge >= 0.3 is 5.97 Å². The van der Waals surface area contributed by atoms with Gasteiger partial charge in [0.05, 0.1) is 6.07 Å². The van der Waals surface area contributed by atoms with Gasteiger partial charge in [0.1, 0.15) is 5.54 Å². The molecule has 0 radical (unpaired) electrons. The number of benzene rings is 2. The van der Waals surface area contributed by atoms with Crippen LogP contribution in [0.3, 0.4) is 0 Å². The van der Waals surface area contributed by atoms with Crippen molar-refractivity contribution in [3.05, 3.63) is 71.8 Å². The van der Waals surface area contributed by atoms with Crippen LogP contribution in [0.2, 0.25) is 0 Å². The van der Waals surface area contributed by atoms with Gasteiger partial charge in [-0.1, -0.05) is 60.7 Å². The topological polar surface area (TPSA) is 88.4 Å². The molecule has 0 bridgehead atoms. The number of hydrogen-bond donors (Lipinski definition) is 1. The number of carbonyl (C=O) groups excluding carboxylic acids is 2. The summed E-state index contributed by atoms with van der Waals surface area (Å²) in [6.07, 6.45) is 1.80. The van der Waals surface area contributed by atoms with Crippen molar-refractivity contribution in [1.29, 1.82) is 5.26 Å². The zero-order chi connectivity index (χ0) is 21.6. The monoisotopic (exact) mass is 406 g/mol. The second-order valence-electron chi connectivity index (χ2n) is 7.56. The SMILES string of the molecule is CCOC(C(=O)OCC(=O)N[C@](C)(C#N)C1CC1)(c1ccccc1)c1ccccc1. The lowest BCUT2D eigenvalue weighted by Gasteiger charge is -2.32. The Bertz CT molecular complexity index is 880. The minimum absolute atomic E-state index is 0.137. The molecule has 2 aromatic rings. The van der Waals surface area contributed by atoms with E-state index in [1.54, 1.807) is 38.1 Å². The van der Waals surface area contributed by atoms with Crippen molar-refractivity contribution in [3.8, 4) is 6.07 Å². The first-order chi connectivity index (χ1) is 14.5. The molecule has 30 heavy (non-hydrogen) atoms. The lowest BCUT2D eigenvalue weighted by molar-refractivity contribution is -0.170. The van der Waals surface area contributed by atoms with Crippen molar-refractivity contribution in [2.45, 2.75) is 37.8 Å². The molecule has 0 saturated heterocycles. The first-order valence-corrected chi connectivity index (χ1v) is 10.1. The number of esters is 1. The third-order valence-corrected chi connectivity index (χ3v) is 5.37. The Morgan fingerprint density at radius 3 is 2.03 bits per heavy atom. The van der Waals surface area contributed by atoms with Crippen LogP contribution in [0.25, 0.3) is 0 Å². The van der Waals surface area contributed by atoms with Gasteiger partial charge in [-0.05, 0) is 43.7 Å². The summed E-state index contributed by atoms with van der Waals surface area (Å²) in [6.45, 7) is 3.27. The highest BCUT2D eigenvalue weighted by molar-refractivity contribution is 5.88. The summed E-state index contributed by atoms with van der Waals surface area (Å²) < 4.78 is 11.4. The van der Waals surface area contributed by atoms with E-state index in [-0.39, 0.29) is 12.5 Å². The summed E-state index contributed by atoms with van der Waals surface area (Å²) in [4.78, 5) is 25.8. The van der Waals surface area contributed by atoms with Crippen LogP contribution in [0.15, 0.2) is 60.7 Å². The standard InChI is InChI=1S/C24H26N2O4/c1-3-30-24(19-10-6-4-7-11-19,20-12-8-5-9-13-20)22(28)29-16-21(27)26-23(2,17-25)18-14-15-18/h4-13,18H,3,14-16H2,1-2H3,(H,26,27)/t23-/m1/s1. The maximum absolute atomic E-state index is 13.3. The van der Waals surface area contributed by atoms with E-state index >= 15 is 0 Å². The lowest BCUT2D eigenvalue weighted by Crippen LogP contribution is -2.49. The van der Waals surface area contributed by atoms with Gasteiger partial charge in [0.15, 0.2) is 6.61 Å². The first kappa shape index (κ1) is 21.5.